The smallest absolute Gasteiger partial charge is 0.225 e. The van der Waals surface area contributed by atoms with E-state index >= 15 is 0 Å². The average molecular weight is 264 g/mol. The van der Waals surface area contributed by atoms with Gasteiger partial charge in [-0.3, -0.25) is 0 Å². The number of aromatic nitrogens is 2. The van der Waals surface area contributed by atoms with Crippen LogP contribution in [0.25, 0.3) is 0 Å². The van der Waals surface area contributed by atoms with Crippen molar-refractivity contribution in [3.63, 3.8) is 0 Å². The van der Waals surface area contributed by atoms with Crippen LogP contribution in [0.5, 0.6) is 0 Å². The standard InChI is InChI=1S/C15H28N4/c1-7-8-16-9-13-10-17-14(18-12(13)2)19(6)11-15(3,4)5/h10,16H,7-9,11H2,1-6H3. The average Bonchev–Trinajstić information content (AvgIpc) is 2.29. The van der Waals surface area contributed by atoms with Gasteiger partial charge in [0.2, 0.25) is 5.95 Å². The Morgan fingerprint density at radius 3 is 2.53 bits per heavy atom. The fourth-order valence-corrected chi connectivity index (χ4v) is 2.02. The van der Waals surface area contributed by atoms with Crippen molar-refractivity contribution >= 4 is 5.95 Å². The first-order valence-electron chi connectivity index (χ1n) is 7.08. The van der Waals surface area contributed by atoms with Crippen LogP contribution in [0.15, 0.2) is 6.20 Å². The van der Waals surface area contributed by atoms with Crippen LogP contribution in [0.3, 0.4) is 0 Å². The predicted octanol–water partition coefficient (Wildman–Crippen LogP) is 2.77. The van der Waals surface area contributed by atoms with Gasteiger partial charge in [0.15, 0.2) is 0 Å². The summed E-state index contributed by atoms with van der Waals surface area (Å²) in [5.74, 6) is 0.812. The number of aryl methyl sites for hydroxylation is 1. The first-order valence-corrected chi connectivity index (χ1v) is 7.08. The van der Waals surface area contributed by atoms with E-state index in [-0.39, 0.29) is 5.41 Å². The van der Waals surface area contributed by atoms with Gasteiger partial charge in [-0.25, -0.2) is 9.97 Å². The molecule has 1 heterocycles. The van der Waals surface area contributed by atoms with E-state index in [1.165, 1.54) is 5.56 Å². The van der Waals surface area contributed by atoms with Crippen LogP contribution in [0.1, 0.15) is 45.4 Å². The lowest BCUT2D eigenvalue weighted by atomic mass is 9.96. The van der Waals surface area contributed by atoms with Crippen molar-refractivity contribution in [3.8, 4) is 0 Å². The summed E-state index contributed by atoms with van der Waals surface area (Å²) in [5.41, 5.74) is 2.49. The maximum Gasteiger partial charge on any atom is 0.225 e. The molecule has 4 heteroatoms. The molecule has 108 valence electrons. The molecule has 0 aliphatic heterocycles. The van der Waals surface area contributed by atoms with Crippen molar-refractivity contribution < 1.29 is 0 Å². The summed E-state index contributed by atoms with van der Waals surface area (Å²) in [5, 5.41) is 3.39. The minimum atomic E-state index is 0.243. The molecule has 0 atom stereocenters. The molecule has 4 nitrogen and oxygen atoms in total. The van der Waals surface area contributed by atoms with Crippen molar-refractivity contribution in [2.45, 2.75) is 47.6 Å². The summed E-state index contributed by atoms with van der Waals surface area (Å²) < 4.78 is 0. The van der Waals surface area contributed by atoms with Crippen molar-refractivity contribution in [3.05, 3.63) is 17.5 Å². The summed E-state index contributed by atoms with van der Waals surface area (Å²) in [7, 11) is 2.05. The Labute approximate surface area is 117 Å². The lowest BCUT2D eigenvalue weighted by Gasteiger charge is -2.26. The molecular formula is C15H28N4. The van der Waals surface area contributed by atoms with Crippen LogP contribution in [0, 0.1) is 12.3 Å². The molecule has 1 rings (SSSR count). The third kappa shape index (κ3) is 5.55. The van der Waals surface area contributed by atoms with Crippen molar-refractivity contribution in [1.82, 2.24) is 15.3 Å². The Bertz CT molecular complexity index is 396. The van der Waals surface area contributed by atoms with Crippen molar-refractivity contribution in [1.29, 1.82) is 0 Å². The van der Waals surface area contributed by atoms with Crippen LogP contribution in [-0.4, -0.2) is 30.1 Å². The molecule has 0 amide bonds. The summed E-state index contributed by atoms with van der Waals surface area (Å²) in [6.45, 7) is 13.7. The highest BCUT2D eigenvalue weighted by Gasteiger charge is 2.16. The highest BCUT2D eigenvalue weighted by atomic mass is 15.2. The van der Waals surface area contributed by atoms with Crippen LogP contribution < -0.4 is 10.2 Å². The zero-order valence-corrected chi connectivity index (χ0v) is 13.2. The molecule has 1 aromatic heterocycles. The maximum absolute atomic E-state index is 4.61. The second-order valence-electron chi connectivity index (χ2n) is 6.37. The number of anilines is 1. The van der Waals surface area contributed by atoms with E-state index in [1.54, 1.807) is 0 Å². The Morgan fingerprint density at radius 1 is 1.32 bits per heavy atom. The Balaban J connectivity index is 2.70. The molecule has 0 bridgehead atoms. The van der Waals surface area contributed by atoms with Crippen LogP contribution in [0.2, 0.25) is 0 Å². The van der Waals surface area contributed by atoms with Crippen molar-refractivity contribution in [2.75, 3.05) is 25.0 Å². The molecule has 0 aliphatic rings. The Morgan fingerprint density at radius 2 is 2.00 bits per heavy atom. The highest BCUT2D eigenvalue weighted by Crippen LogP contribution is 2.18. The number of nitrogens with zero attached hydrogens (tertiary/aromatic N) is 3. The van der Waals surface area contributed by atoms with E-state index in [0.717, 1.165) is 37.7 Å². The molecule has 0 spiro atoms. The molecule has 0 saturated carbocycles. The van der Waals surface area contributed by atoms with Gasteiger partial charge in [0.25, 0.3) is 0 Å². The normalized spacial score (nSPS) is 11.7. The summed E-state index contributed by atoms with van der Waals surface area (Å²) in [4.78, 5) is 11.2. The molecule has 0 unspecified atom stereocenters. The molecule has 19 heavy (non-hydrogen) atoms. The molecule has 0 radical (unpaired) electrons. The van der Waals surface area contributed by atoms with Gasteiger partial charge < -0.3 is 10.2 Å². The predicted molar refractivity (Wildman–Crippen MR) is 81.5 cm³/mol. The fraction of sp³-hybridized carbons (Fsp3) is 0.733. The van der Waals surface area contributed by atoms with Crippen LogP contribution >= 0.6 is 0 Å². The van der Waals surface area contributed by atoms with E-state index in [4.69, 9.17) is 0 Å². The van der Waals surface area contributed by atoms with Crippen LogP contribution in [-0.2, 0) is 6.54 Å². The zero-order chi connectivity index (χ0) is 14.5. The SMILES string of the molecule is CCCNCc1cnc(N(C)CC(C)(C)C)nc1C. The van der Waals surface area contributed by atoms with E-state index < -0.39 is 0 Å². The first-order chi connectivity index (χ1) is 8.83. The number of nitrogens with one attached hydrogen (secondary N) is 1. The van der Waals surface area contributed by atoms with E-state index in [1.807, 2.05) is 6.20 Å². The minimum absolute atomic E-state index is 0.243. The third-order valence-electron chi connectivity index (χ3n) is 2.86. The van der Waals surface area contributed by atoms with Gasteiger partial charge in [-0.1, -0.05) is 27.7 Å². The van der Waals surface area contributed by atoms with Gasteiger partial charge in [-0.05, 0) is 25.3 Å². The summed E-state index contributed by atoms with van der Waals surface area (Å²) in [6.07, 6.45) is 3.09. The quantitative estimate of drug-likeness (QED) is 0.802. The largest absolute Gasteiger partial charge is 0.343 e. The number of hydrogen-bond donors (Lipinski definition) is 1. The molecule has 0 saturated heterocycles. The highest BCUT2D eigenvalue weighted by molar-refractivity contribution is 5.32. The lowest BCUT2D eigenvalue weighted by Crippen LogP contribution is -2.30. The van der Waals surface area contributed by atoms with Gasteiger partial charge in [-0.2, -0.15) is 0 Å². The minimum Gasteiger partial charge on any atom is -0.343 e. The first kappa shape index (κ1) is 15.9. The van der Waals surface area contributed by atoms with Gasteiger partial charge >= 0.3 is 0 Å². The topological polar surface area (TPSA) is 41.1 Å². The van der Waals surface area contributed by atoms with Crippen LogP contribution in [0.4, 0.5) is 5.95 Å². The summed E-state index contributed by atoms with van der Waals surface area (Å²) in [6, 6.07) is 0. The van der Waals surface area contributed by atoms with Gasteiger partial charge in [-0.15, -0.1) is 0 Å². The van der Waals surface area contributed by atoms with E-state index in [2.05, 4.69) is 61.9 Å². The number of rotatable bonds is 6. The van der Waals surface area contributed by atoms with E-state index in [0.29, 0.717) is 0 Å². The van der Waals surface area contributed by atoms with Gasteiger partial charge in [0.05, 0.1) is 0 Å². The molecule has 0 fully saturated rings. The second kappa shape index (κ2) is 6.85. The van der Waals surface area contributed by atoms with Gasteiger partial charge in [0.1, 0.15) is 0 Å². The van der Waals surface area contributed by atoms with E-state index in [9.17, 15) is 0 Å². The molecule has 1 N–H and O–H groups in total. The zero-order valence-electron chi connectivity index (χ0n) is 13.2. The Kier molecular flexibility index (Phi) is 5.73. The number of hydrogen-bond acceptors (Lipinski definition) is 4. The molecule has 0 aliphatic carbocycles. The third-order valence-corrected chi connectivity index (χ3v) is 2.86. The summed E-state index contributed by atoms with van der Waals surface area (Å²) >= 11 is 0. The van der Waals surface area contributed by atoms with Gasteiger partial charge in [0, 0.05) is 37.6 Å². The maximum atomic E-state index is 4.61. The van der Waals surface area contributed by atoms with Crippen molar-refractivity contribution in [2.24, 2.45) is 5.41 Å². The molecule has 0 aromatic carbocycles. The monoisotopic (exact) mass is 264 g/mol. The molecular weight excluding hydrogens is 236 g/mol. The Hall–Kier alpha value is -1.16. The second-order valence-corrected chi connectivity index (χ2v) is 6.37. The lowest BCUT2D eigenvalue weighted by molar-refractivity contribution is 0.416. The molecule has 1 aromatic rings. The fourth-order valence-electron chi connectivity index (χ4n) is 2.02.